The van der Waals surface area contributed by atoms with Crippen LogP contribution < -0.4 is 0 Å². The van der Waals surface area contributed by atoms with Crippen LogP contribution in [0.2, 0.25) is 0 Å². The molecule has 0 spiro atoms. The third kappa shape index (κ3) is 3.33. The predicted octanol–water partition coefficient (Wildman–Crippen LogP) is 5.23. The molecule has 0 saturated heterocycles. The molecular weight excluding hydrogens is 404 g/mol. The van der Waals surface area contributed by atoms with Crippen LogP contribution in [0.3, 0.4) is 0 Å². The van der Waals surface area contributed by atoms with Crippen LogP contribution in [0, 0.1) is 25.5 Å². The molecule has 0 aliphatic carbocycles. The van der Waals surface area contributed by atoms with E-state index in [0.29, 0.717) is 22.1 Å². The minimum absolute atomic E-state index is 0.383. The molecule has 5 aromatic rings. The second-order valence-corrected chi connectivity index (χ2v) is 8.14. The minimum Gasteiger partial charge on any atom is -0.274 e. The first-order valence-corrected chi connectivity index (χ1v) is 10.3. The number of benzene rings is 2. The zero-order valence-corrected chi connectivity index (χ0v) is 17.1. The van der Waals surface area contributed by atoms with Crippen molar-refractivity contribution in [2.45, 2.75) is 24.8 Å². The summed E-state index contributed by atoms with van der Waals surface area (Å²) in [6.45, 7) is 4.17. The molecule has 5 nitrogen and oxygen atoms in total. The van der Waals surface area contributed by atoms with Crippen molar-refractivity contribution in [3.05, 3.63) is 83.2 Å². The van der Waals surface area contributed by atoms with Crippen molar-refractivity contribution >= 4 is 22.9 Å². The van der Waals surface area contributed by atoms with Crippen LogP contribution in [0.1, 0.15) is 16.7 Å². The van der Waals surface area contributed by atoms with Crippen molar-refractivity contribution in [2.75, 3.05) is 0 Å². The number of thioether (sulfide) groups is 1. The highest BCUT2D eigenvalue weighted by molar-refractivity contribution is 7.98. The van der Waals surface area contributed by atoms with Crippen molar-refractivity contribution in [1.29, 1.82) is 0 Å². The van der Waals surface area contributed by atoms with E-state index in [1.807, 2.05) is 22.9 Å². The molecule has 3 heterocycles. The van der Waals surface area contributed by atoms with E-state index in [2.05, 4.69) is 47.3 Å². The Balaban J connectivity index is 1.49. The maximum absolute atomic E-state index is 13.4. The molecule has 8 heteroatoms. The lowest BCUT2D eigenvalue weighted by atomic mass is 10.0. The van der Waals surface area contributed by atoms with Gasteiger partial charge in [0, 0.05) is 29.8 Å². The summed E-state index contributed by atoms with van der Waals surface area (Å²) in [6.07, 6.45) is 3.69. The zero-order chi connectivity index (χ0) is 20.8. The number of hydrogen-bond donors (Lipinski definition) is 0. The van der Waals surface area contributed by atoms with Crippen molar-refractivity contribution in [2.24, 2.45) is 0 Å². The van der Waals surface area contributed by atoms with Gasteiger partial charge in [-0.05, 0) is 54.8 Å². The lowest BCUT2D eigenvalue weighted by Crippen LogP contribution is -1.94. The summed E-state index contributed by atoms with van der Waals surface area (Å²) in [5.41, 5.74) is 6.42. The molecule has 3 aromatic heterocycles. The maximum atomic E-state index is 13.4. The smallest absolute Gasteiger partial charge is 0.196 e. The molecule has 0 amide bonds. The predicted molar refractivity (Wildman–Crippen MR) is 113 cm³/mol. The number of nitrogens with zero attached hydrogens (tertiary/aromatic N) is 5. The van der Waals surface area contributed by atoms with Gasteiger partial charge >= 0.3 is 0 Å². The normalized spacial score (nSPS) is 11.6. The van der Waals surface area contributed by atoms with Gasteiger partial charge in [-0.2, -0.15) is 5.10 Å². The first-order chi connectivity index (χ1) is 14.5. The molecule has 0 N–H and O–H groups in total. The highest BCUT2D eigenvalue weighted by atomic mass is 32.2. The summed E-state index contributed by atoms with van der Waals surface area (Å²) in [5.74, 6) is -0.790. The Bertz CT molecular complexity index is 1390. The van der Waals surface area contributed by atoms with E-state index in [9.17, 15) is 8.78 Å². The molecule has 5 rings (SSSR count). The van der Waals surface area contributed by atoms with Crippen LogP contribution in [0.25, 0.3) is 22.4 Å². The zero-order valence-electron chi connectivity index (χ0n) is 16.3. The molecule has 0 atom stereocenters. The SMILES string of the molecule is Cc1ccc(-c2cc3c4nnc(SCc5cc(F)cc(F)c5)n4ccn3n2)cc1C. The lowest BCUT2D eigenvalue weighted by molar-refractivity contribution is 0.581. The topological polar surface area (TPSA) is 47.5 Å². The van der Waals surface area contributed by atoms with Gasteiger partial charge < -0.3 is 0 Å². The lowest BCUT2D eigenvalue weighted by Gasteiger charge is -2.02. The third-order valence-corrected chi connectivity index (χ3v) is 6.09. The standard InChI is InChI=1S/C22H17F2N5S/c1-13-3-4-16(7-14(13)2)19-11-20-21-25-26-22(28(21)5-6-29(20)27-19)30-12-15-8-17(23)10-18(24)9-15/h3-11H,12H2,1-2H3. The Labute approximate surface area is 175 Å². The molecule has 0 radical (unpaired) electrons. The van der Waals surface area contributed by atoms with Crippen LogP contribution in [0.5, 0.6) is 0 Å². The van der Waals surface area contributed by atoms with E-state index in [1.54, 1.807) is 4.52 Å². The number of halogens is 2. The Morgan fingerprint density at radius 3 is 2.47 bits per heavy atom. The number of hydrogen-bond acceptors (Lipinski definition) is 4. The van der Waals surface area contributed by atoms with Crippen LogP contribution in [0.4, 0.5) is 8.78 Å². The highest BCUT2D eigenvalue weighted by Crippen LogP contribution is 2.27. The van der Waals surface area contributed by atoms with Gasteiger partial charge in [0.15, 0.2) is 10.8 Å². The summed E-state index contributed by atoms with van der Waals surface area (Å²) < 4.78 is 30.5. The fourth-order valence-corrected chi connectivity index (χ4v) is 4.22. The Morgan fingerprint density at radius 2 is 1.70 bits per heavy atom. The van der Waals surface area contributed by atoms with Crippen molar-refractivity contribution in [1.82, 2.24) is 24.2 Å². The van der Waals surface area contributed by atoms with Gasteiger partial charge in [0.25, 0.3) is 0 Å². The average Bonchev–Trinajstić information content (AvgIpc) is 3.31. The fourth-order valence-electron chi connectivity index (χ4n) is 3.37. The van der Waals surface area contributed by atoms with Gasteiger partial charge in [0.1, 0.15) is 17.2 Å². The van der Waals surface area contributed by atoms with Gasteiger partial charge in [0.2, 0.25) is 0 Å². The van der Waals surface area contributed by atoms with E-state index < -0.39 is 11.6 Å². The molecule has 0 aliphatic rings. The fraction of sp³-hybridized carbons (Fsp3) is 0.136. The number of aryl methyl sites for hydroxylation is 2. The van der Waals surface area contributed by atoms with Crippen LogP contribution >= 0.6 is 11.8 Å². The Morgan fingerprint density at radius 1 is 0.900 bits per heavy atom. The quantitative estimate of drug-likeness (QED) is 0.373. The molecule has 150 valence electrons. The van der Waals surface area contributed by atoms with Gasteiger partial charge in [-0.15, -0.1) is 10.2 Å². The van der Waals surface area contributed by atoms with Gasteiger partial charge in [-0.25, -0.2) is 13.3 Å². The van der Waals surface area contributed by atoms with Crippen molar-refractivity contribution in [3.63, 3.8) is 0 Å². The number of rotatable bonds is 4. The maximum Gasteiger partial charge on any atom is 0.196 e. The number of fused-ring (bicyclic) bond motifs is 3. The molecule has 0 aliphatic heterocycles. The largest absolute Gasteiger partial charge is 0.274 e. The summed E-state index contributed by atoms with van der Waals surface area (Å²) in [5, 5.41) is 13.9. The highest BCUT2D eigenvalue weighted by Gasteiger charge is 2.14. The number of aromatic nitrogens is 5. The van der Waals surface area contributed by atoms with Crippen molar-refractivity contribution < 1.29 is 8.78 Å². The third-order valence-electron chi connectivity index (χ3n) is 5.08. The summed E-state index contributed by atoms with van der Waals surface area (Å²) >= 11 is 1.37. The second kappa shape index (κ2) is 7.21. The molecule has 0 bridgehead atoms. The summed E-state index contributed by atoms with van der Waals surface area (Å²) in [6, 6.07) is 11.8. The van der Waals surface area contributed by atoms with E-state index >= 15 is 0 Å². The van der Waals surface area contributed by atoms with E-state index in [-0.39, 0.29) is 0 Å². The van der Waals surface area contributed by atoms with Gasteiger partial charge in [0.05, 0.1) is 5.69 Å². The summed E-state index contributed by atoms with van der Waals surface area (Å²) in [7, 11) is 0. The molecule has 0 unspecified atom stereocenters. The summed E-state index contributed by atoms with van der Waals surface area (Å²) in [4.78, 5) is 0. The first-order valence-electron chi connectivity index (χ1n) is 9.36. The van der Waals surface area contributed by atoms with E-state index in [1.165, 1.54) is 35.0 Å². The molecular formula is C22H17F2N5S. The van der Waals surface area contributed by atoms with Crippen LogP contribution in [0.15, 0.2) is 60.0 Å². The van der Waals surface area contributed by atoms with Gasteiger partial charge in [-0.1, -0.05) is 23.9 Å². The Kier molecular flexibility index (Phi) is 4.51. The molecule has 2 aromatic carbocycles. The Hall–Kier alpha value is -3.26. The average molecular weight is 421 g/mol. The van der Waals surface area contributed by atoms with Crippen molar-refractivity contribution in [3.8, 4) is 11.3 Å². The van der Waals surface area contributed by atoms with Crippen LogP contribution in [-0.2, 0) is 5.75 Å². The monoisotopic (exact) mass is 421 g/mol. The molecule has 0 saturated carbocycles. The minimum atomic E-state index is -0.587. The van der Waals surface area contributed by atoms with E-state index in [0.717, 1.165) is 22.8 Å². The van der Waals surface area contributed by atoms with Crippen LogP contribution in [-0.4, -0.2) is 24.2 Å². The molecule has 30 heavy (non-hydrogen) atoms. The van der Waals surface area contributed by atoms with Gasteiger partial charge in [-0.3, -0.25) is 4.40 Å². The first kappa shape index (κ1) is 18.7. The second-order valence-electron chi connectivity index (χ2n) is 7.20. The van der Waals surface area contributed by atoms with E-state index in [4.69, 9.17) is 0 Å². The molecule has 0 fully saturated rings.